The first-order valence-electron chi connectivity index (χ1n) is 9.02. The van der Waals surface area contributed by atoms with E-state index in [0.29, 0.717) is 37.4 Å². The van der Waals surface area contributed by atoms with Gasteiger partial charge in [-0.2, -0.15) is 13.2 Å². The molecule has 0 amide bonds. The summed E-state index contributed by atoms with van der Waals surface area (Å²) in [6.07, 6.45) is -3.63. The maximum Gasteiger partial charge on any atom is 0.416 e. The predicted molar refractivity (Wildman–Crippen MR) is 105 cm³/mol. The molecule has 1 aliphatic rings. The van der Waals surface area contributed by atoms with Gasteiger partial charge in [-0.1, -0.05) is 0 Å². The Hall–Kier alpha value is -2.14. The van der Waals surface area contributed by atoms with Gasteiger partial charge >= 0.3 is 6.18 Å². The Balaban J connectivity index is 1.97. The van der Waals surface area contributed by atoms with Gasteiger partial charge in [-0.05, 0) is 24.4 Å². The summed E-state index contributed by atoms with van der Waals surface area (Å²) in [4.78, 5) is 15.6. The normalized spacial score (nSPS) is 15.1. The molecular weight excluding hydrogens is 395 g/mol. The second kappa shape index (κ2) is 9.37. The molecule has 28 heavy (non-hydrogen) atoms. The van der Waals surface area contributed by atoms with Crippen molar-refractivity contribution >= 4 is 28.7 Å². The molecule has 1 aromatic carbocycles. The Morgan fingerprint density at radius 1 is 1.29 bits per heavy atom. The van der Waals surface area contributed by atoms with Crippen LogP contribution in [0, 0.1) is 10.1 Å². The molecule has 0 spiro atoms. The molecule has 1 saturated heterocycles. The van der Waals surface area contributed by atoms with Crippen LogP contribution in [0.3, 0.4) is 0 Å². The molecule has 1 fully saturated rings. The average Bonchev–Trinajstić information content (AvgIpc) is 2.63. The van der Waals surface area contributed by atoms with Gasteiger partial charge in [0.15, 0.2) is 5.11 Å². The van der Waals surface area contributed by atoms with Gasteiger partial charge in [-0.3, -0.25) is 10.1 Å². The van der Waals surface area contributed by atoms with E-state index in [1.165, 1.54) is 11.0 Å². The van der Waals surface area contributed by atoms with E-state index >= 15 is 0 Å². The van der Waals surface area contributed by atoms with Gasteiger partial charge in [0.25, 0.3) is 5.69 Å². The first-order valence-corrected chi connectivity index (χ1v) is 9.43. The van der Waals surface area contributed by atoms with Gasteiger partial charge < -0.3 is 20.0 Å². The van der Waals surface area contributed by atoms with E-state index in [9.17, 15) is 23.3 Å². The van der Waals surface area contributed by atoms with Gasteiger partial charge in [0.1, 0.15) is 5.69 Å². The summed E-state index contributed by atoms with van der Waals surface area (Å²) in [5.74, 6) is 0. The van der Waals surface area contributed by atoms with E-state index in [0.717, 1.165) is 25.6 Å². The average molecular weight is 420 g/mol. The smallest absolute Gasteiger partial charge is 0.362 e. The molecule has 1 aromatic rings. The SMILES string of the molecule is C[NH+](C)CCCNC(=S)N1CCN(c2ccc(C(F)(F)F)cc2[N+](=O)[O-])CC1. The second-order valence-electron chi connectivity index (χ2n) is 6.98. The Morgan fingerprint density at radius 3 is 2.46 bits per heavy atom. The number of rotatable bonds is 6. The number of hydrogen-bond acceptors (Lipinski definition) is 4. The van der Waals surface area contributed by atoms with E-state index in [1.54, 1.807) is 4.90 Å². The van der Waals surface area contributed by atoms with Gasteiger partial charge in [0.05, 0.1) is 31.1 Å². The molecule has 0 saturated carbocycles. The van der Waals surface area contributed by atoms with Crippen LogP contribution in [0.25, 0.3) is 0 Å². The highest BCUT2D eigenvalue weighted by Crippen LogP contribution is 2.36. The molecule has 0 bridgehead atoms. The standard InChI is InChI=1S/C17H24F3N5O2S/c1-22(2)7-3-6-21-16(28)24-10-8-23(9-11-24)14-5-4-13(17(18,19)20)12-15(14)25(26)27/h4-5,12H,3,6-11H2,1-2H3,(H,21,28)/p+1. The number of alkyl halides is 3. The summed E-state index contributed by atoms with van der Waals surface area (Å²) < 4.78 is 38.6. The van der Waals surface area contributed by atoms with Crippen LogP contribution >= 0.6 is 12.2 Å². The minimum atomic E-state index is -4.62. The van der Waals surface area contributed by atoms with E-state index in [2.05, 4.69) is 19.4 Å². The van der Waals surface area contributed by atoms with Crippen LogP contribution in [0.1, 0.15) is 12.0 Å². The third kappa shape index (κ3) is 5.93. The van der Waals surface area contributed by atoms with Crippen LogP contribution in [0.2, 0.25) is 0 Å². The predicted octanol–water partition coefficient (Wildman–Crippen LogP) is 1.14. The Kier molecular flexibility index (Phi) is 7.41. The summed E-state index contributed by atoms with van der Waals surface area (Å²) >= 11 is 5.39. The number of hydrogen-bond donors (Lipinski definition) is 2. The minimum Gasteiger partial charge on any atom is -0.362 e. The van der Waals surface area contributed by atoms with E-state index in [4.69, 9.17) is 12.2 Å². The number of nitro groups is 1. The number of piperazine rings is 1. The van der Waals surface area contributed by atoms with Crippen LogP contribution in [0.5, 0.6) is 0 Å². The lowest BCUT2D eigenvalue weighted by atomic mass is 10.1. The number of nitrogens with zero attached hydrogens (tertiary/aromatic N) is 3. The Bertz CT molecular complexity index is 707. The lowest BCUT2D eigenvalue weighted by Gasteiger charge is -2.37. The van der Waals surface area contributed by atoms with Crippen LogP contribution in [0.15, 0.2) is 18.2 Å². The first kappa shape index (κ1) is 22.2. The molecule has 0 aliphatic carbocycles. The summed E-state index contributed by atoms with van der Waals surface area (Å²) in [5, 5.41) is 15.1. The lowest BCUT2D eigenvalue weighted by molar-refractivity contribution is -0.858. The van der Waals surface area contributed by atoms with Gasteiger partial charge in [-0.15, -0.1) is 0 Å². The largest absolute Gasteiger partial charge is 0.416 e. The molecule has 0 unspecified atom stereocenters. The number of benzene rings is 1. The van der Waals surface area contributed by atoms with Crippen molar-refractivity contribution in [2.24, 2.45) is 0 Å². The fraction of sp³-hybridized carbons (Fsp3) is 0.588. The molecule has 1 aliphatic heterocycles. The van der Waals surface area contributed by atoms with Crippen LogP contribution in [0.4, 0.5) is 24.5 Å². The van der Waals surface area contributed by atoms with E-state index in [1.807, 2.05) is 4.90 Å². The number of anilines is 1. The molecular formula is C17H25F3N5O2S+. The molecule has 0 radical (unpaired) electrons. The molecule has 2 N–H and O–H groups in total. The van der Waals surface area contributed by atoms with Crippen molar-refractivity contribution in [1.82, 2.24) is 10.2 Å². The number of halogens is 3. The van der Waals surface area contributed by atoms with Crippen molar-refractivity contribution in [2.45, 2.75) is 12.6 Å². The zero-order chi connectivity index (χ0) is 20.9. The molecule has 156 valence electrons. The molecule has 1 heterocycles. The molecule has 11 heteroatoms. The molecule has 0 aromatic heterocycles. The third-order valence-corrected chi connectivity index (χ3v) is 4.94. The van der Waals surface area contributed by atoms with Gasteiger partial charge in [0, 0.05) is 45.2 Å². The van der Waals surface area contributed by atoms with Crippen molar-refractivity contribution in [3.63, 3.8) is 0 Å². The van der Waals surface area contributed by atoms with Crippen LogP contribution in [-0.4, -0.2) is 68.3 Å². The van der Waals surface area contributed by atoms with Crippen molar-refractivity contribution in [1.29, 1.82) is 0 Å². The maximum atomic E-state index is 12.9. The summed E-state index contributed by atoms with van der Waals surface area (Å²) in [6.45, 7) is 3.77. The monoisotopic (exact) mass is 420 g/mol. The second-order valence-corrected chi connectivity index (χ2v) is 7.36. The zero-order valence-corrected chi connectivity index (χ0v) is 16.7. The number of nitro benzene ring substituents is 1. The highest BCUT2D eigenvalue weighted by atomic mass is 32.1. The van der Waals surface area contributed by atoms with Crippen LogP contribution < -0.4 is 15.1 Å². The van der Waals surface area contributed by atoms with Crippen LogP contribution in [-0.2, 0) is 6.18 Å². The van der Waals surface area contributed by atoms with E-state index < -0.39 is 22.4 Å². The summed E-state index contributed by atoms with van der Waals surface area (Å²) in [5.41, 5.74) is -1.35. The molecule has 0 atom stereocenters. The quantitative estimate of drug-likeness (QED) is 0.312. The zero-order valence-electron chi connectivity index (χ0n) is 15.9. The molecule has 7 nitrogen and oxygen atoms in total. The topological polar surface area (TPSA) is 66.1 Å². The number of thiocarbonyl (C=S) groups is 1. The van der Waals surface area contributed by atoms with Crippen molar-refractivity contribution in [2.75, 3.05) is 58.3 Å². The highest BCUT2D eigenvalue weighted by Gasteiger charge is 2.34. The minimum absolute atomic E-state index is 0.200. The number of quaternary nitrogens is 1. The van der Waals surface area contributed by atoms with Gasteiger partial charge in [-0.25, -0.2) is 0 Å². The highest BCUT2D eigenvalue weighted by molar-refractivity contribution is 7.80. The van der Waals surface area contributed by atoms with Gasteiger partial charge in [0.2, 0.25) is 0 Å². The lowest BCUT2D eigenvalue weighted by Crippen LogP contribution is -3.05. The summed E-state index contributed by atoms with van der Waals surface area (Å²) in [7, 11) is 4.16. The fourth-order valence-electron chi connectivity index (χ4n) is 3.01. The Labute approximate surface area is 167 Å². The van der Waals surface area contributed by atoms with Crippen molar-refractivity contribution in [3.05, 3.63) is 33.9 Å². The third-order valence-electron chi connectivity index (χ3n) is 4.54. The Morgan fingerprint density at radius 2 is 1.93 bits per heavy atom. The van der Waals surface area contributed by atoms with Crippen molar-refractivity contribution in [3.8, 4) is 0 Å². The first-order chi connectivity index (χ1) is 13.1. The summed E-state index contributed by atoms with van der Waals surface area (Å²) in [6, 6.07) is 2.66. The maximum absolute atomic E-state index is 12.9. The van der Waals surface area contributed by atoms with Crippen molar-refractivity contribution < 1.29 is 23.0 Å². The van der Waals surface area contributed by atoms with E-state index in [-0.39, 0.29) is 5.69 Å². The fourth-order valence-corrected chi connectivity index (χ4v) is 3.30. The molecule has 2 rings (SSSR count). The number of nitrogens with one attached hydrogen (secondary N) is 2.